The summed E-state index contributed by atoms with van der Waals surface area (Å²) in [4.78, 5) is 18.0. The van der Waals surface area contributed by atoms with Crippen molar-refractivity contribution in [2.24, 2.45) is 5.92 Å². The number of carbonyl (C=O) groups is 1. The first-order valence-electron chi connectivity index (χ1n) is 11.5. The number of amides is 1. The molecule has 2 aromatic rings. The van der Waals surface area contributed by atoms with Crippen molar-refractivity contribution < 1.29 is 9.53 Å². The predicted octanol–water partition coefficient (Wildman–Crippen LogP) is 3.48. The molecule has 6 rings (SSSR count). The van der Waals surface area contributed by atoms with Crippen molar-refractivity contribution in [3.05, 3.63) is 58.4 Å². The van der Waals surface area contributed by atoms with Gasteiger partial charge in [-0.05, 0) is 49.8 Å². The van der Waals surface area contributed by atoms with Crippen LogP contribution in [0.1, 0.15) is 42.5 Å². The second-order valence-corrected chi connectivity index (χ2v) is 10.1. The summed E-state index contributed by atoms with van der Waals surface area (Å²) in [7, 11) is 0. The van der Waals surface area contributed by atoms with E-state index in [1.807, 2.05) is 11.0 Å². The summed E-state index contributed by atoms with van der Waals surface area (Å²) in [6, 6.07) is 12.7. The van der Waals surface area contributed by atoms with Gasteiger partial charge in [0.25, 0.3) is 0 Å². The standard InChI is InChI=1S/C25H28ClN3O2/c26-22-8-7-17-20(28-22)5-3-9-25(17)15-27-14-19(25)23-24(10-12-29(16-30)13-11-24)18-4-1-2-6-21(18)31-23/h1-2,4,6-8,16,19,23,27H,3,5,9-15H2/t19-,23?,25-/m0/s1. The van der Waals surface area contributed by atoms with Crippen molar-refractivity contribution in [2.75, 3.05) is 26.2 Å². The van der Waals surface area contributed by atoms with Gasteiger partial charge in [0, 0.05) is 54.2 Å². The number of fused-ring (bicyclic) bond motifs is 4. The average Bonchev–Trinajstić information content (AvgIpc) is 3.34. The monoisotopic (exact) mass is 437 g/mol. The third-order valence-corrected chi connectivity index (χ3v) is 8.66. The Labute approximate surface area is 188 Å². The highest BCUT2D eigenvalue weighted by Gasteiger charge is 2.60. The third-order valence-electron chi connectivity index (χ3n) is 8.45. The van der Waals surface area contributed by atoms with Crippen LogP contribution in [0.3, 0.4) is 0 Å². The minimum absolute atomic E-state index is 0.0205. The van der Waals surface area contributed by atoms with E-state index in [0.717, 1.165) is 76.1 Å². The molecular weight excluding hydrogens is 410 g/mol. The molecule has 4 aliphatic rings. The number of rotatable bonds is 2. The normalized spacial score (nSPS) is 30.8. The molecular formula is C25H28ClN3O2. The van der Waals surface area contributed by atoms with Crippen molar-refractivity contribution in [2.45, 2.75) is 49.0 Å². The fourth-order valence-electron chi connectivity index (χ4n) is 7.00. The molecule has 162 valence electrons. The Morgan fingerprint density at radius 2 is 1.94 bits per heavy atom. The molecule has 3 atom stereocenters. The number of ether oxygens (including phenoxy) is 1. The molecule has 0 bridgehead atoms. The van der Waals surface area contributed by atoms with E-state index in [-0.39, 0.29) is 16.9 Å². The molecule has 31 heavy (non-hydrogen) atoms. The zero-order valence-electron chi connectivity index (χ0n) is 17.6. The first kappa shape index (κ1) is 19.6. The topological polar surface area (TPSA) is 54.5 Å². The minimum atomic E-state index is -0.0444. The van der Waals surface area contributed by atoms with Crippen LogP contribution in [0.4, 0.5) is 0 Å². The molecule has 2 saturated heterocycles. The van der Waals surface area contributed by atoms with Crippen molar-refractivity contribution in [3.8, 4) is 5.75 Å². The highest BCUT2D eigenvalue weighted by molar-refractivity contribution is 6.29. The van der Waals surface area contributed by atoms with Crippen LogP contribution in [-0.4, -0.2) is 48.6 Å². The summed E-state index contributed by atoms with van der Waals surface area (Å²) < 4.78 is 6.83. The first-order chi connectivity index (χ1) is 15.2. The number of nitrogens with zero attached hydrogens (tertiary/aromatic N) is 2. The lowest BCUT2D eigenvalue weighted by Gasteiger charge is -2.48. The van der Waals surface area contributed by atoms with Crippen LogP contribution in [-0.2, 0) is 22.0 Å². The number of aromatic nitrogens is 1. The average molecular weight is 438 g/mol. The SMILES string of the molecule is O=CN1CCC2(CC1)c1ccccc1OC2[C@@H]1CNC[C@]12CCCc1nc(Cl)ccc12. The smallest absolute Gasteiger partial charge is 0.209 e. The Hall–Kier alpha value is -2.11. The number of piperidine rings is 1. The third kappa shape index (κ3) is 2.79. The second-order valence-electron chi connectivity index (χ2n) is 9.71. The summed E-state index contributed by atoms with van der Waals surface area (Å²) in [5, 5.41) is 4.31. The largest absolute Gasteiger partial charge is 0.489 e. The molecule has 1 aromatic heterocycles. The molecule has 6 heteroatoms. The summed E-state index contributed by atoms with van der Waals surface area (Å²) in [5.41, 5.74) is 3.83. The molecule has 1 amide bonds. The number of carbonyl (C=O) groups excluding carboxylic acids is 1. The Balaban J connectivity index is 1.45. The van der Waals surface area contributed by atoms with Crippen LogP contribution < -0.4 is 10.1 Å². The summed E-state index contributed by atoms with van der Waals surface area (Å²) in [6.45, 7) is 3.48. The van der Waals surface area contributed by atoms with E-state index in [0.29, 0.717) is 11.1 Å². The Morgan fingerprint density at radius 3 is 2.77 bits per heavy atom. The van der Waals surface area contributed by atoms with Crippen LogP contribution in [0.25, 0.3) is 0 Å². The van der Waals surface area contributed by atoms with Gasteiger partial charge in [0.1, 0.15) is 17.0 Å². The van der Waals surface area contributed by atoms with Crippen molar-refractivity contribution in [1.29, 1.82) is 0 Å². The molecule has 1 aromatic carbocycles. The van der Waals surface area contributed by atoms with Gasteiger partial charge in [-0.3, -0.25) is 4.79 Å². The lowest BCUT2D eigenvalue weighted by Crippen LogP contribution is -2.55. The number of hydrogen-bond donors (Lipinski definition) is 1. The zero-order chi connectivity index (χ0) is 21.1. The van der Waals surface area contributed by atoms with Gasteiger partial charge in [0.15, 0.2) is 0 Å². The maximum absolute atomic E-state index is 11.4. The van der Waals surface area contributed by atoms with Gasteiger partial charge in [-0.25, -0.2) is 4.98 Å². The second kappa shape index (κ2) is 7.21. The maximum atomic E-state index is 11.4. The van der Waals surface area contributed by atoms with E-state index in [9.17, 15) is 4.79 Å². The Kier molecular flexibility index (Phi) is 4.55. The number of aryl methyl sites for hydroxylation is 1. The maximum Gasteiger partial charge on any atom is 0.209 e. The lowest BCUT2D eigenvalue weighted by atomic mass is 9.58. The Morgan fingerprint density at radius 1 is 1.10 bits per heavy atom. The molecule has 1 unspecified atom stereocenters. The van der Waals surface area contributed by atoms with Gasteiger partial charge >= 0.3 is 0 Å². The lowest BCUT2D eigenvalue weighted by molar-refractivity contribution is -0.120. The van der Waals surface area contributed by atoms with Crippen LogP contribution in [0.2, 0.25) is 5.15 Å². The highest BCUT2D eigenvalue weighted by Crippen LogP contribution is 2.56. The highest BCUT2D eigenvalue weighted by atomic mass is 35.5. The van der Waals surface area contributed by atoms with Crippen LogP contribution >= 0.6 is 11.6 Å². The van der Waals surface area contributed by atoms with Gasteiger partial charge in [-0.2, -0.15) is 0 Å². The molecule has 2 spiro atoms. The molecule has 0 saturated carbocycles. The molecule has 3 aliphatic heterocycles. The number of benzene rings is 1. The summed E-state index contributed by atoms with van der Waals surface area (Å²) >= 11 is 6.26. The number of nitrogens with one attached hydrogen (secondary N) is 1. The minimum Gasteiger partial charge on any atom is -0.489 e. The quantitative estimate of drug-likeness (QED) is 0.577. The fourth-order valence-corrected chi connectivity index (χ4v) is 7.17. The number of likely N-dealkylation sites (tertiary alicyclic amines) is 1. The van der Waals surface area contributed by atoms with Crippen molar-refractivity contribution in [3.63, 3.8) is 0 Å². The first-order valence-corrected chi connectivity index (χ1v) is 11.9. The molecule has 2 fully saturated rings. The van der Waals surface area contributed by atoms with Gasteiger partial charge < -0.3 is 15.0 Å². The molecule has 1 aliphatic carbocycles. The number of hydrogen-bond acceptors (Lipinski definition) is 4. The van der Waals surface area contributed by atoms with Gasteiger partial charge in [-0.15, -0.1) is 0 Å². The van der Waals surface area contributed by atoms with Crippen molar-refractivity contribution >= 4 is 18.0 Å². The van der Waals surface area contributed by atoms with E-state index in [4.69, 9.17) is 21.3 Å². The van der Waals surface area contributed by atoms with Crippen molar-refractivity contribution in [1.82, 2.24) is 15.2 Å². The molecule has 0 radical (unpaired) electrons. The molecule has 1 N–H and O–H groups in total. The van der Waals surface area contributed by atoms with E-state index < -0.39 is 0 Å². The van der Waals surface area contributed by atoms with E-state index in [1.54, 1.807) is 0 Å². The van der Waals surface area contributed by atoms with Crippen LogP contribution in [0.15, 0.2) is 36.4 Å². The summed E-state index contributed by atoms with van der Waals surface area (Å²) in [6.07, 6.45) is 6.26. The summed E-state index contributed by atoms with van der Waals surface area (Å²) in [5.74, 6) is 1.38. The number of pyridine rings is 1. The van der Waals surface area contributed by atoms with Crippen LogP contribution in [0.5, 0.6) is 5.75 Å². The van der Waals surface area contributed by atoms with Gasteiger partial charge in [0.05, 0.1) is 0 Å². The van der Waals surface area contributed by atoms with E-state index >= 15 is 0 Å². The van der Waals surface area contributed by atoms with Gasteiger partial charge in [0.2, 0.25) is 6.41 Å². The van der Waals surface area contributed by atoms with Gasteiger partial charge in [-0.1, -0.05) is 35.9 Å². The predicted molar refractivity (Wildman–Crippen MR) is 120 cm³/mol. The van der Waals surface area contributed by atoms with E-state index in [2.05, 4.69) is 35.6 Å². The Bertz CT molecular complexity index is 1020. The zero-order valence-corrected chi connectivity index (χ0v) is 18.4. The number of para-hydroxylation sites is 1. The van der Waals surface area contributed by atoms with Crippen LogP contribution in [0, 0.1) is 5.92 Å². The molecule has 4 heterocycles. The fraction of sp³-hybridized carbons (Fsp3) is 0.520. The number of halogens is 1. The van der Waals surface area contributed by atoms with E-state index in [1.165, 1.54) is 11.1 Å². The molecule has 5 nitrogen and oxygen atoms in total.